The van der Waals surface area contributed by atoms with Crippen LogP contribution in [0.5, 0.6) is 0 Å². The van der Waals surface area contributed by atoms with Crippen molar-refractivity contribution in [2.75, 3.05) is 6.61 Å². The number of hydrogen-bond acceptors (Lipinski definition) is 3. The fraction of sp³-hybridized carbons (Fsp3) is 0.167. The molecule has 2 aromatic rings. The number of rotatable bonds is 2. The smallest absolute Gasteiger partial charge is 0.356 e. The summed E-state index contributed by atoms with van der Waals surface area (Å²) in [5, 5.41) is 1.96. The highest BCUT2D eigenvalue weighted by Gasteiger charge is 2.12. The van der Waals surface area contributed by atoms with Crippen LogP contribution in [-0.2, 0) is 4.74 Å². The minimum absolute atomic E-state index is 0.228. The van der Waals surface area contributed by atoms with E-state index in [0.717, 1.165) is 15.2 Å². The van der Waals surface area contributed by atoms with Crippen molar-refractivity contribution >= 4 is 44.3 Å². The van der Waals surface area contributed by atoms with E-state index in [4.69, 9.17) is 16.3 Å². The predicted octanol–water partition coefficient (Wildman–Crippen LogP) is 3.83. The number of nitrogens with zero attached hydrogens (tertiary/aromatic N) is 1. The van der Waals surface area contributed by atoms with E-state index in [1.54, 1.807) is 13.0 Å². The molecule has 0 fully saturated rings. The Morgan fingerprint density at radius 3 is 2.94 bits per heavy atom. The molecule has 1 aromatic heterocycles. The van der Waals surface area contributed by atoms with E-state index in [9.17, 15) is 4.79 Å². The zero-order valence-electron chi connectivity index (χ0n) is 9.04. The van der Waals surface area contributed by atoms with Crippen molar-refractivity contribution in [3.05, 3.63) is 39.6 Å². The van der Waals surface area contributed by atoms with Gasteiger partial charge in [-0.1, -0.05) is 33.6 Å². The Kier molecular flexibility index (Phi) is 3.64. The number of halogens is 2. The molecule has 17 heavy (non-hydrogen) atoms. The van der Waals surface area contributed by atoms with Gasteiger partial charge in [-0.15, -0.1) is 0 Å². The van der Waals surface area contributed by atoms with Gasteiger partial charge in [0.25, 0.3) is 0 Å². The standard InChI is InChI=1S/C12H9BrClNO2/c1-2-17-12(16)10-5-7-3-4-8(13)6-9(7)11(14)15-10/h3-6H,2H2,1H3. The number of fused-ring (bicyclic) bond motifs is 1. The fourth-order valence-corrected chi connectivity index (χ4v) is 2.10. The summed E-state index contributed by atoms with van der Waals surface area (Å²) in [6.07, 6.45) is 0. The van der Waals surface area contributed by atoms with Crippen molar-refractivity contribution in [1.29, 1.82) is 0 Å². The number of benzene rings is 1. The lowest BCUT2D eigenvalue weighted by molar-refractivity contribution is 0.0520. The van der Waals surface area contributed by atoms with Crippen molar-refractivity contribution in [2.24, 2.45) is 0 Å². The first-order chi connectivity index (χ1) is 8.11. The third kappa shape index (κ3) is 2.58. The van der Waals surface area contributed by atoms with Crippen LogP contribution in [-0.4, -0.2) is 17.6 Å². The van der Waals surface area contributed by atoms with E-state index in [1.807, 2.05) is 18.2 Å². The molecule has 0 saturated carbocycles. The maximum Gasteiger partial charge on any atom is 0.356 e. The van der Waals surface area contributed by atoms with Crippen molar-refractivity contribution < 1.29 is 9.53 Å². The van der Waals surface area contributed by atoms with Crippen molar-refractivity contribution in [3.63, 3.8) is 0 Å². The second-order valence-corrected chi connectivity index (χ2v) is 4.66. The van der Waals surface area contributed by atoms with E-state index in [-0.39, 0.29) is 5.69 Å². The zero-order valence-corrected chi connectivity index (χ0v) is 11.4. The van der Waals surface area contributed by atoms with Crippen molar-refractivity contribution in [2.45, 2.75) is 6.92 Å². The average molecular weight is 315 g/mol. The monoisotopic (exact) mass is 313 g/mol. The number of esters is 1. The first-order valence-electron chi connectivity index (χ1n) is 5.04. The van der Waals surface area contributed by atoms with Gasteiger partial charge in [0.2, 0.25) is 0 Å². The molecule has 1 aromatic carbocycles. The van der Waals surface area contributed by atoms with Gasteiger partial charge in [0, 0.05) is 9.86 Å². The van der Waals surface area contributed by atoms with Gasteiger partial charge in [0.1, 0.15) is 5.15 Å². The summed E-state index contributed by atoms with van der Waals surface area (Å²) in [7, 11) is 0. The molecule has 0 aliphatic heterocycles. The minimum atomic E-state index is -0.459. The molecule has 0 bridgehead atoms. The summed E-state index contributed by atoms with van der Waals surface area (Å²) in [5.41, 5.74) is 0.228. The summed E-state index contributed by atoms with van der Waals surface area (Å²) in [4.78, 5) is 15.6. The topological polar surface area (TPSA) is 39.2 Å². The largest absolute Gasteiger partial charge is 0.461 e. The van der Waals surface area contributed by atoms with Crippen LogP contribution in [0, 0.1) is 0 Å². The van der Waals surface area contributed by atoms with Crippen LogP contribution in [0.15, 0.2) is 28.7 Å². The first kappa shape index (κ1) is 12.3. The second-order valence-electron chi connectivity index (χ2n) is 3.38. The van der Waals surface area contributed by atoms with Gasteiger partial charge in [-0.3, -0.25) is 0 Å². The summed E-state index contributed by atoms with van der Waals surface area (Å²) in [5.74, 6) is -0.459. The lowest BCUT2D eigenvalue weighted by atomic mass is 10.1. The molecule has 0 saturated heterocycles. The van der Waals surface area contributed by atoms with Gasteiger partial charge in [-0.05, 0) is 30.5 Å². The number of carbonyl (C=O) groups excluding carboxylic acids is 1. The van der Waals surface area contributed by atoms with E-state index in [0.29, 0.717) is 11.8 Å². The Hall–Kier alpha value is -1.13. The molecule has 0 spiro atoms. The number of carbonyl (C=O) groups is 1. The molecule has 0 aliphatic carbocycles. The minimum Gasteiger partial charge on any atom is -0.461 e. The van der Waals surface area contributed by atoms with E-state index in [1.165, 1.54) is 0 Å². The molecule has 5 heteroatoms. The molecule has 0 N–H and O–H groups in total. The fourth-order valence-electron chi connectivity index (χ4n) is 1.49. The molecule has 1 heterocycles. The molecule has 0 radical (unpaired) electrons. The van der Waals surface area contributed by atoms with Gasteiger partial charge >= 0.3 is 5.97 Å². The third-order valence-electron chi connectivity index (χ3n) is 2.23. The van der Waals surface area contributed by atoms with Gasteiger partial charge in [-0.25, -0.2) is 9.78 Å². The molecular weight excluding hydrogens is 305 g/mol. The Bertz CT molecular complexity index is 586. The molecule has 0 unspecified atom stereocenters. The van der Waals surface area contributed by atoms with Gasteiger partial charge < -0.3 is 4.74 Å². The molecule has 2 rings (SSSR count). The molecule has 0 aliphatic rings. The summed E-state index contributed by atoms with van der Waals surface area (Å²) in [6, 6.07) is 7.29. The Morgan fingerprint density at radius 2 is 2.24 bits per heavy atom. The van der Waals surface area contributed by atoms with E-state index in [2.05, 4.69) is 20.9 Å². The number of ether oxygens (including phenoxy) is 1. The van der Waals surface area contributed by atoms with Gasteiger partial charge in [-0.2, -0.15) is 0 Å². The lowest BCUT2D eigenvalue weighted by Gasteiger charge is -2.05. The highest BCUT2D eigenvalue weighted by molar-refractivity contribution is 9.10. The van der Waals surface area contributed by atoms with Crippen LogP contribution < -0.4 is 0 Å². The van der Waals surface area contributed by atoms with Crippen LogP contribution in [0.25, 0.3) is 10.8 Å². The van der Waals surface area contributed by atoms with Gasteiger partial charge in [0.05, 0.1) is 6.61 Å². The molecule has 88 valence electrons. The van der Waals surface area contributed by atoms with Crippen LogP contribution in [0.1, 0.15) is 17.4 Å². The Morgan fingerprint density at radius 1 is 1.47 bits per heavy atom. The van der Waals surface area contributed by atoms with Crippen LogP contribution in [0.2, 0.25) is 5.15 Å². The Labute approximate surface area is 112 Å². The second kappa shape index (κ2) is 5.02. The maximum absolute atomic E-state index is 11.6. The highest BCUT2D eigenvalue weighted by atomic mass is 79.9. The van der Waals surface area contributed by atoms with Gasteiger partial charge in [0.15, 0.2) is 5.69 Å². The SMILES string of the molecule is CCOC(=O)c1cc2ccc(Br)cc2c(Cl)n1. The van der Waals surface area contributed by atoms with E-state index < -0.39 is 5.97 Å². The molecular formula is C12H9BrClNO2. The molecule has 0 amide bonds. The highest BCUT2D eigenvalue weighted by Crippen LogP contribution is 2.26. The van der Waals surface area contributed by atoms with Crippen molar-refractivity contribution in [1.82, 2.24) is 4.98 Å². The number of pyridine rings is 1. The van der Waals surface area contributed by atoms with Crippen LogP contribution in [0.3, 0.4) is 0 Å². The quantitative estimate of drug-likeness (QED) is 0.625. The maximum atomic E-state index is 11.6. The zero-order chi connectivity index (χ0) is 12.4. The van der Waals surface area contributed by atoms with E-state index >= 15 is 0 Å². The lowest BCUT2D eigenvalue weighted by Crippen LogP contribution is -2.07. The number of hydrogen-bond donors (Lipinski definition) is 0. The Balaban J connectivity index is 2.56. The first-order valence-corrected chi connectivity index (χ1v) is 6.22. The average Bonchev–Trinajstić information content (AvgIpc) is 2.30. The van der Waals surface area contributed by atoms with Crippen LogP contribution in [0.4, 0.5) is 0 Å². The summed E-state index contributed by atoms with van der Waals surface area (Å²) < 4.78 is 5.80. The molecule has 3 nitrogen and oxygen atoms in total. The third-order valence-corrected chi connectivity index (χ3v) is 3.01. The summed E-state index contributed by atoms with van der Waals surface area (Å²) in [6.45, 7) is 2.06. The number of aromatic nitrogens is 1. The normalized spacial score (nSPS) is 10.5. The molecule has 0 atom stereocenters. The summed E-state index contributed by atoms with van der Waals surface area (Å²) >= 11 is 9.40. The van der Waals surface area contributed by atoms with Crippen molar-refractivity contribution in [3.8, 4) is 0 Å². The van der Waals surface area contributed by atoms with Crippen LogP contribution >= 0.6 is 27.5 Å². The predicted molar refractivity (Wildman–Crippen MR) is 70.4 cm³/mol.